The molecule has 9 heteroatoms. The van der Waals surface area contributed by atoms with Crippen LogP contribution in [-0.4, -0.2) is 61.0 Å². The quantitative estimate of drug-likeness (QED) is 0.541. The molecule has 4 heterocycles. The minimum Gasteiger partial charge on any atom is -0.485 e. The molecule has 1 aliphatic heterocycles. The Morgan fingerprint density at radius 3 is 2.81 bits per heavy atom. The Bertz CT molecular complexity index is 1260. The molecule has 1 amide bonds. The van der Waals surface area contributed by atoms with Crippen molar-refractivity contribution in [3.63, 3.8) is 0 Å². The highest BCUT2D eigenvalue weighted by Crippen LogP contribution is 2.30. The van der Waals surface area contributed by atoms with Gasteiger partial charge in [0.25, 0.3) is 0 Å². The molecule has 5 rings (SSSR count). The number of halogens is 1. The zero-order chi connectivity index (χ0) is 21.4. The van der Waals surface area contributed by atoms with Crippen molar-refractivity contribution in [2.24, 2.45) is 0 Å². The Labute approximate surface area is 176 Å². The molecule has 3 aromatic heterocycles. The Balaban J connectivity index is 1.49. The monoisotopic (exact) mass is 421 g/mol. The van der Waals surface area contributed by atoms with Gasteiger partial charge in [0.05, 0.1) is 0 Å². The number of rotatable bonds is 3. The molecular formula is C22H20FN5O3. The van der Waals surface area contributed by atoms with E-state index in [0.29, 0.717) is 28.4 Å². The van der Waals surface area contributed by atoms with E-state index in [-0.39, 0.29) is 25.9 Å². The Morgan fingerprint density at radius 1 is 1.06 bits per heavy atom. The number of hydrogen-bond donors (Lipinski definition) is 1. The molecule has 8 nitrogen and oxygen atoms in total. The lowest BCUT2D eigenvalue weighted by Crippen LogP contribution is -2.31. The molecule has 0 spiro atoms. The summed E-state index contributed by atoms with van der Waals surface area (Å²) in [7, 11) is 0. The molecule has 1 fully saturated rings. The van der Waals surface area contributed by atoms with Crippen molar-refractivity contribution in [1.29, 1.82) is 0 Å². The molecule has 1 N–H and O–H groups in total. The summed E-state index contributed by atoms with van der Waals surface area (Å²) < 4.78 is 22.6. The number of amides is 1. The van der Waals surface area contributed by atoms with E-state index in [4.69, 9.17) is 9.72 Å². The van der Waals surface area contributed by atoms with Gasteiger partial charge in [0.2, 0.25) is 0 Å². The number of ether oxygens (including phenoxy) is 1. The number of para-hydroxylation sites is 1. The number of aromatic nitrogens is 4. The summed E-state index contributed by atoms with van der Waals surface area (Å²) >= 11 is 0. The molecule has 1 aliphatic rings. The maximum Gasteiger partial charge on any atom is 0.407 e. The first-order chi connectivity index (χ1) is 15.1. The highest BCUT2D eigenvalue weighted by molar-refractivity contribution is 5.86. The maximum atomic E-state index is 14.7. The van der Waals surface area contributed by atoms with Crippen molar-refractivity contribution in [2.45, 2.75) is 25.1 Å². The fourth-order valence-corrected chi connectivity index (χ4v) is 3.88. The summed E-state index contributed by atoms with van der Waals surface area (Å²) in [5, 5.41) is 18.5. The fourth-order valence-electron chi connectivity index (χ4n) is 3.88. The molecule has 158 valence electrons. The fraction of sp³-hybridized carbons (Fsp3) is 0.273. The third-order valence-corrected chi connectivity index (χ3v) is 5.54. The summed E-state index contributed by atoms with van der Waals surface area (Å²) in [6.45, 7) is 0.393. The summed E-state index contributed by atoms with van der Waals surface area (Å²) in [6.07, 6.45) is -0.793. The number of nitrogens with zero attached hydrogens (tertiary/aromatic N) is 5. The molecular weight excluding hydrogens is 401 g/mol. The lowest BCUT2D eigenvalue weighted by Gasteiger charge is -2.21. The molecule has 4 aromatic rings. The van der Waals surface area contributed by atoms with Gasteiger partial charge in [-0.15, -0.1) is 10.2 Å². The minimum atomic E-state index is -1.26. The Morgan fingerprint density at radius 2 is 1.94 bits per heavy atom. The van der Waals surface area contributed by atoms with Crippen molar-refractivity contribution in [1.82, 2.24) is 24.5 Å². The van der Waals surface area contributed by atoms with E-state index in [0.717, 1.165) is 5.39 Å². The average molecular weight is 421 g/mol. The second kappa shape index (κ2) is 7.82. The van der Waals surface area contributed by atoms with Gasteiger partial charge >= 0.3 is 6.09 Å². The highest BCUT2D eigenvalue weighted by atomic mass is 19.1. The van der Waals surface area contributed by atoms with Crippen molar-refractivity contribution < 1.29 is 19.0 Å². The Hall–Kier alpha value is -3.75. The summed E-state index contributed by atoms with van der Waals surface area (Å²) in [6, 6.07) is 14.9. The van der Waals surface area contributed by atoms with Crippen LogP contribution in [0.4, 0.5) is 9.18 Å². The third kappa shape index (κ3) is 3.63. The molecule has 2 unspecified atom stereocenters. The van der Waals surface area contributed by atoms with Gasteiger partial charge in [-0.1, -0.05) is 24.3 Å². The normalized spacial score (nSPS) is 19.5. The average Bonchev–Trinajstić information content (AvgIpc) is 3.12. The number of alkyl halides is 1. The molecule has 1 aromatic carbocycles. The lowest BCUT2D eigenvalue weighted by molar-refractivity contribution is 0.0980. The first kappa shape index (κ1) is 19.2. The highest BCUT2D eigenvalue weighted by Gasteiger charge is 2.30. The van der Waals surface area contributed by atoms with Crippen LogP contribution in [0, 0.1) is 0 Å². The number of carboxylic acid groups (broad SMARTS) is 1. The summed E-state index contributed by atoms with van der Waals surface area (Å²) in [4.78, 5) is 17.2. The van der Waals surface area contributed by atoms with Crippen LogP contribution in [0.15, 0.2) is 54.7 Å². The summed E-state index contributed by atoms with van der Waals surface area (Å²) in [5.41, 5.74) is 1.93. The van der Waals surface area contributed by atoms with E-state index in [1.807, 2.05) is 53.1 Å². The van der Waals surface area contributed by atoms with Gasteiger partial charge in [0.15, 0.2) is 11.5 Å². The van der Waals surface area contributed by atoms with Crippen LogP contribution in [0.3, 0.4) is 0 Å². The smallest absolute Gasteiger partial charge is 0.407 e. The zero-order valence-corrected chi connectivity index (χ0v) is 16.6. The van der Waals surface area contributed by atoms with Crippen LogP contribution in [0.2, 0.25) is 0 Å². The number of pyridine rings is 2. The van der Waals surface area contributed by atoms with Gasteiger partial charge in [-0.2, -0.15) is 0 Å². The third-order valence-electron chi connectivity index (χ3n) is 5.54. The minimum absolute atomic E-state index is 0.103. The SMILES string of the molecule is O=C(O)N1CCC(F)C(Oc2cccc3ccc(-c4nnc5ccccn45)nc23)CC1. The first-order valence-corrected chi connectivity index (χ1v) is 10.1. The van der Waals surface area contributed by atoms with Gasteiger partial charge < -0.3 is 14.7 Å². The molecule has 0 bridgehead atoms. The number of fused-ring (bicyclic) bond motifs is 2. The molecule has 2 atom stereocenters. The van der Waals surface area contributed by atoms with Crippen LogP contribution in [0.5, 0.6) is 5.75 Å². The predicted molar refractivity (Wildman–Crippen MR) is 112 cm³/mol. The van der Waals surface area contributed by atoms with Gasteiger partial charge in [0.1, 0.15) is 29.2 Å². The molecule has 1 saturated heterocycles. The topological polar surface area (TPSA) is 92.8 Å². The van der Waals surface area contributed by atoms with Gasteiger partial charge in [-0.3, -0.25) is 4.40 Å². The van der Waals surface area contributed by atoms with Crippen LogP contribution >= 0.6 is 0 Å². The van der Waals surface area contributed by atoms with Crippen LogP contribution in [0.25, 0.3) is 28.1 Å². The van der Waals surface area contributed by atoms with Crippen molar-refractivity contribution in [2.75, 3.05) is 13.1 Å². The molecule has 0 aliphatic carbocycles. The molecule has 0 saturated carbocycles. The Kier molecular flexibility index (Phi) is 4.85. The van der Waals surface area contributed by atoms with E-state index in [2.05, 4.69) is 10.2 Å². The van der Waals surface area contributed by atoms with E-state index in [1.165, 1.54) is 4.90 Å². The predicted octanol–water partition coefficient (Wildman–Crippen LogP) is 3.80. The van der Waals surface area contributed by atoms with Crippen molar-refractivity contribution >= 4 is 22.6 Å². The largest absolute Gasteiger partial charge is 0.485 e. The number of hydrogen-bond acceptors (Lipinski definition) is 5. The first-order valence-electron chi connectivity index (χ1n) is 10.1. The summed E-state index contributed by atoms with van der Waals surface area (Å²) in [5.74, 6) is 1.06. The maximum absolute atomic E-state index is 14.7. The van der Waals surface area contributed by atoms with Crippen LogP contribution in [0.1, 0.15) is 12.8 Å². The van der Waals surface area contributed by atoms with Gasteiger partial charge in [-0.25, -0.2) is 14.2 Å². The lowest BCUT2D eigenvalue weighted by atomic mass is 10.1. The van der Waals surface area contributed by atoms with Crippen LogP contribution < -0.4 is 4.74 Å². The van der Waals surface area contributed by atoms with Gasteiger partial charge in [-0.05, 0) is 30.7 Å². The van der Waals surface area contributed by atoms with Crippen molar-refractivity contribution in [3.05, 3.63) is 54.7 Å². The van der Waals surface area contributed by atoms with Crippen LogP contribution in [-0.2, 0) is 0 Å². The number of carbonyl (C=O) groups is 1. The number of likely N-dealkylation sites (tertiary alicyclic amines) is 1. The molecule has 31 heavy (non-hydrogen) atoms. The molecule has 0 radical (unpaired) electrons. The zero-order valence-electron chi connectivity index (χ0n) is 16.6. The second-order valence-corrected chi connectivity index (χ2v) is 7.50. The van der Waals surface area contributed by atoms with E-state index < -0.39 is 18.4 Å². The van der Waals surface area contributed by atoms with Crippen molar-refractivity contribution in [3.8, 4) is 17.3 Å². The van der Waals surface area contributed by atoms with E-state index in [9.17, 15) is 14.3 Å². The number of benzene rings is 1. The van der Waals surface area contributed by atoms with Gasteiger partial charge in [0, 0.05) is 31.1 Å². The second-order valence-electron chi connectivity index (χ2n) is 7.50. The standard InChI is InChI=1S/C22H20FN5O3/c23-15-9-12-27(22(29)30)13-10-17(15)31-18-5-3-4-14-7-8-16(24-20(14)18)21-26-25-19-6-1-2-11-28(19)21/h1-8,11,15,17H,9-10,12-13H2,(H,29,30). The van der Waals surface area contributed by atoms with E-state index in [1.54, 1.807) is 6.07 Å². The van der Waals surface area contributed by atoms with E-state index >= 15 is 0 Å².